The molecule has 4 heterocycles. The number of carbonyl (C=O) groups excluding carboxylic acids is 4. The van der Waals surface area contributed by atoms with Crippen LogP contribution in [0.4, 0.5) is 11.6 Å². The van der Waals surface area contributed by atoms with Crippen LogP contribution in [-0.4, -0.2) is 57.6 Å². The maximum absolute atomic E-state index is 12.9. The molecule has 0 aliphatic carbocycles. The highest BCUT2D eigenvalue weighted by Crippen LogP contribution is 2.31. The van der Waals surface area contributed by atoms with E-state index >= 15 is 0 Å². The van der Waals surface area contributed by atoms with Crippen molar-refractivity contribution < 1.29 is 19.2 Å². The lowest BCUT2D eigenvalue weighted by Crippen LogP contribution is -2.52. The molecule has 1 aromatic heterocycles. The predicted molar refractivity (Wildman–Crippen MR) is 153 cm³/mol. The quantitative estimate of drug-likeness (QED) is 0.430. The van der Waals surface area contributed by atoms with Crippen LogP contribution in [-0.2, 0) is 20.9 Å². The molecule has 6 rings (SSSR count). The highest BCUT2D eigenvalue weighted by molar-refractivity contribution is 6.33. The van der Waals surface area contributed by atoms with Crippen molar-refractivity contribution in [2.45, 2.75) is 44.7 Å². The molecule has 10 nitrogen and oxygen atoms in total. The molecule has 2 N–H and O–H groups in total. The van der Waals surface area contributed by atoms with Gasteiger partial charge in [-0.15, -0.1) is 0 Å². The molecule has 41 heavy (non-hydrogen) atoms. The highest BCUT2D eigenvalue weighted by Gasteiger charge is 2.39. The number of hydrogen-bond acceptors (Lipinski definition) is 7. The van der Waals surface area contributed by atoms with Gasteiger partial charge < -0.3 is 15.1 Å². The van der Waals surface area contributed by atoms with E-state index in [1.807, 2.05) is 24.3 Å². The number of benzene rings is 2. The highest BCUT2D eigenvalue weighted by atomic mass is 35.5. The van der Waals surface area contributed by atoms with Gasteiger partial charge in [0.25, 0.3) is 5.91 Å². The Balaban J connectivity index is 1.01. The maximum atomic E-state index is 12.9. The molecule has 3 aliphatic heterocycles. The van der Waals surface area contributed by atoms with Gasteiger partial charge in [-0.05, 0) is 55.0 Å². The zero-order valence-corrected chi connectivity index (χ0v) is 23.1. The van der Waals surface area contributed by atoms with E-state index in [4.69, 9.17) is 11.6 Å². The Kier molecular flexibility index (Phi) is 7.40. The first-order valence-corrected chi connectivity index (χ1v) is 14.1. The predicted octanol–water partition coefficient (Wildman–Crippen LogP) is 3.80. The molecule has 4 amide bonds. The molecule has 0 saturated carbocycles. The van der Waals surface area contributed by atoms with Gasteiger partial charge in [-0.2, -0.15) is 0 Å². The Morgan fingerprint density at radius 3 is 2.49 bits per heavy atom. The summed E-state index contributed by atoms with van der Waals surface area (Å²) in [4.78, 5) is 62.2. The number of nitrogens with zero attached hydrogens (tertiary/aromatic N) is 4. The van der Waals surface area contributed by atoms with E-state index in [2.05, 4.69) is 25.5 Å². The van der Waals surface area contributed by atoms with Gasteiger partial charge in [0.2, 0.25) is 23.7 Å². The first kappa shape index (κ1) is 26.9. The van der Waals surface area contributed by atoms with Crippen molar-refractivity contribution in [3.63, 3.8) is 0 Å². The van der Waals surface area contributed by atoms with Crippen molar-refractivity contribution in [1.29, 1.82) is 0 Å². The number of piperidine rings is 2. The summed E-state index contributed by atoms with van der Waals surface area (Å²) >= 11 is 6.29. The number of anilines is 2. The molecule has 2 saturated heterocycles. The Morgan fingerprint density at radius 2 is 1.76 bits per heavy atom. The molecule has 2 aromatic carbocycles. The number of hydrogen-bond donors (Lipinski definition) is 2. The zero-order valence-electron chi connectivity index (χ0n) is 22.3. The Labute approximate surface area is 242 Å². The number of fused-ring (bicyclic) bond motifs is 1. The Morgan fingerprint density at radius 1 is 1.00 bits per heavy atom. The minimum absolute atomic E-state index is 0.0740. The van der Waals surface area contributed by atoms with Crippen molar-refractivity contribution in [1.82, 2.24) is 20.2 Å². The number of halogens is 1. The summed E-state index contributed by atoms with van der Waals surface area (Å²) in [6.07, 6.45) is 6.20. The SMILES string of the molecule is O=C1CCC(N2Cc3cc(NC(=O)CC4CCN(c5ncc(-c6ccccc6Cl)cn5)CC4)ccc3C2=O)C(=O)N1. The molecule has 11 heteroatoms. The Bertz CT molecular complexity index is 1520. The second kappa shape index (κ2) is 11.3. The summed E-state index contributed by atoms with van der Waals surface area (Å²) in [5.74, 6) is -0.155. The summed E-state index contributed by atoms with van der Waals surface area (Å²) in [6, 6.07) is 12.1. The molecular formula is C30H29ClN6O4. The van der Waals surface area contributed by atoms with Gasteiger partial charge in [-0.3, -0.25) is 24.5 Å². The lowest BCUT2D eigenvalue weighted by atomic mass is 9.93. The fraction of sp³-hybridized carbons (Fsp3) is 0.333. The van der Waals surface area contributed by atoms with Gasteiger partial charge in [0.1, 0.15) is 6.04 Å². The van der Waals surface area contributed by atoms with Gasteiger partial charge in [-0.25, -0.2) is 9.97 Å². The molecule has 1 unspecified atom stereocenters. The number of rotatable bonds is 6. The molecule has 210 valence electrons. The molecule has 0 radical (unpaired) electrons. The van der Waals surface area contributed by atoms with E-state index in [9.17, 15) is 19.2 Å². The monoisotopic (exact) mass is 572 g/mol. The van der Waals surface area contributed by atoms with Crippen LogP contribution in [0.2, 0.25) is 5.02 Å². The van der Waals surface area contributed by atoms with Gasteiger partial charge in [0.05, 0.1) is 0 Å². The molecule has 0 bridgehead atoms. The summed E-state index contributed by atoms with van der Waals surface area (Å²) in [6.45, 7) is 1.80. The van der Waals surface area contributed by atoms with E-state index < -0.39 is 11.9 Å². The van der Waals surface area contributed by atoms with Crippen molar-refractivity contribution >= 4 is 46.9 Å². The minimum atomic E-state index is -0.665. The second-order valence-corrected chi connectivity index (χ2v) is 11.1. The van der Waals surface area contributed by atoms with Crippen molar-refractivity contribution in [3.05, 3.63) is 71.0 Å². The van der Waals surface area contributed by atoms with Crippen LogP contribution < -0.4 is 15.5 Å². The van der Waals surface area contributed by atoms with Crippen LogP contribution in [0.5, 0.6) is 0 Å². The molecule has 1 atom stereocenters. The van der Waals surface area contributed by atoms with Crippen molar-refractivity contribution in [2.24, 2.45) is 5.92 Å². The smallest absolute Gasteiger partial charge is 0.255 e. The van der Waals surface area contributed by atoms with Gasteiger partial charge in [-0.1, -0.05) is 29.8 Å². The minimum Gasteiger partial charge on any atom is -0.341 e. The first-order chi connectivity index (χ1) is 19.9. The third kappa shape index (κ3) is 5.65. The van der Waals surface area contributed by atoms with Crippen LogP contribution in [0.1, 0.15) is 48.0 Å². The van der Waals surface area contributed by atoms with Crippen LogP contribution in [0, 0.1) is 5.92 Å². The average Bonchev–Trinajstić information content (AvgIpc) is 3.29. The lowest BCUT2D eigenvalue weighted by molar-refractivity contribution is -0.137. The van der Waals surface area contributed by atoms with Crippen LogP contribution >= 0.6 is 11.6 Å². The third-order valence-corrected chi connectivity index (χ3v) is 8.33. The standard InChI is InChI=1S/C30H29ClN6O4/c31-24-4-2-1-3-22(24)20-15-32-30(33-16-20)36-11-9-18(10-12-36)13-27(39)34-21-5-6-23-19(14-21)17-37(29(23)41)25-7-8-26(38)35-28(25)40/h1-6,14-16,18,25H,7-13,17H2,(H,34,39)(H,35,38,40). The van der Waals surface area contributed by atoms with Gasteiger partial charge in [0.15, 0.2) is 0 Å². The molecule has 2 fully saturated rings. The van der Waals surface area contributed by atoms with Crippen LogP contribution in [0.25, 0.3) is 11.1 Å². The summed E-state index contributed by atoms with van der Waals surface area (Å²) < 4.78 is 0. The van der Waals surface area contributed by atoms with E-state index in [0.29, 0.717) is 35.1 Å². The number of carbonyl (C=O) groups is 4. The third-order valence-electron chi connectivity index (χ3n) is 8.00. The summed E-state index contributed by atoms with van der Waals surface area (Å²) in [5.41, 5.74) is 3.65. The molecule has 3 aromatic rings. The molecular weight excluding hydrogens is 544 g/mol. The topological polar surface area (TPSA) is 125 Å². The van der Waals surface area contributed by atoms with Crippen LogP contribution in [0.3, 0.4) is 0 Å². The summed E-state index contributed by atoms with van der Waals surface area (Å²) in [7, 11) is 0. The zero-order chi connectivity index (χ0) is 28.5. The number of nitrogens with one attached hydrogen (secondary N) is 2. The van der Waals surface area contributed by atoms with E-state index in [0.717, 1.165) is 42.6 Å². The van der Waals surface area contributed by atoms with E-state index in [-0.39, 0.29) is 36.6 Å². The largest absolute Gasteiger partial charge is 0.341 e. The van der Waals surface area contributed by atoms with Crippen LogP contribution in [0.15, 0.2) is 54.9 Å². The number of aromatic nitrogens is 2. The summed E-state index contributed by atoms with van der Waals surface area (Å²) in [5, 5.41) is 5.94. The number of amides is 4. The first-order valence-electron chi connectivity index (χ1n) is 13.7. The maximum Gasteiger partial charge on any atom is 0.255 e. The average molecular weight is 573 g/mol. The van der Waals surface area contributed by atoms with Crippen molar-refractivity contribution in [2.75, 3.05) is 23.3 Å². The van der Waals surface area contributed by atoms with Crippen molar-refractivity contribution in [3.8, 4) is 11.1 Å². The second-order valence-electron chi connectivity index (χ2n) is 10.7. The molecule has 0 spiro atoms. The van der Waals surface area contributed by atoms with Gasteiger partial charge in [0, 0.05) is 72.3 Å². The molecule has 3 aliphatic rings. The Hall–Kier alpha value is -4.31. The van der Waals surface area contributed by atoms with Gasteiger partial charge >= 0.3 is 0 Å². The fourth-order valence-electron chi connectivity index (χ4n) is 5.78. The van der Waals surface area contributed by atoms with E-state index in [1.165, 1.54) is 4.90 Å². The number of imide groups is 1. The normalized spacial score (nSPS) is 19.2. The fourth-order valence-corrected chi connectivity index (χ4v) is 6.03. The lowest BCUT2D eigenvalue weighted by Gasteiger charge is -2.31. The van der Waals surface area contributed by atoms with E-state index in [1.54, 1.807) is 30.6 Å².